The first-order chi connectivity index (χ1) is 14.7. The van der Waals surface area contributed by atoms with Gasteiger partial charge in [-0.2, -0.15) is 0 Å². The molecule has 0 heterocycles. The molecule has 2 amide bonds. The Hall–Kier alpha value is -3.70. The van der Waals surface area contributed by atoms with Gasteiger partial charge in [0.15, 0.2) is 16.6 Å². The van der Waals surface area contributed by atoms with Gasteiger partial charge in [-0.15, -0.1) is 0 Å². The number of nitrogens with zero attached hydrogens (tertiary/aromatic N) is 1. The first-order valence-electron chi connectivity index (χ1n) is 8.50. The van der Waals surface area contributed by atoms with Crippen LogP contribution in [0.4, 0.5) is 5.69 Å². The van der Waals surface area contributed by atoms with Crippen molar-refractivity contribution in [2.24, 2.45) is 0 Å². The molecular formula is C19H17ClN4O6S. The van der Waals surface area contributed by atoms with Crippen molar-refractivity contribution in [2.45, 2.75) is 0 Å². The number of hydrogen-bond acceptors (Lipinski definition) is 7. The molecule has 0 aliphatic carbocycles. The fraction of sp³-hybridized carbons (Fsp3) is 0.105. The molecule has 0 saturated carbocycles. The van der Waals surface area contributed by atoms with Crippen LogP contribution in [0.25, 0.3) is 6.08 Å². The molecule has 162 valence electrons. The Kier molecular flexibility index (Phi) is 8.29. The number of hydrogen-bond donors (Lipinski definition) is 3. The molecule has 31 heavy (non-hydrogen) atoms. The predicted octanol–water partition coefficient (Wildman–Crippen LogP) is 2.61. The zero-order valence-corrected chi connectivity index (χ0v) is 17.9. The third kappa shape index (κ3) is 6.66. The van der Waals surface area contributed by atoms with Gasteiger partial charge >= 0.3 is 0 Å². The normalized spacial score (nSPS) is 10.3. The Bertz CT molecular complexity index is 1060. The summed E-state index contributed by atoms with van der Waals surface area (Å²) in [7, 11) is 3.01. The van der Waals surface area contributed by atoms with Crippen LogP contribution in [0.3, 0.4) is 0 Å². The quantitative estimate of drug-likeness (QED) is 0.257. The number of nitro groups is 1. The molecule has 0 radical (unpaired) electrons. The maximum atomic E-state index is 12.1. The summed E-state index contributed by atoms with van der Waals surface area (Å²) in [5, 5.41) is 13.0. The molecule has 0 atom stereocenters. The Labute approximate surface area is 187 Å². The van der Waals surface area contributed by atoms with Crippen LogP contribution in [0.2, 0.25) is 5.02 Å². The van der Waals surface area contributed by atoms with Crippen molar-refractivity contribution in [1.29, 1.82) is 0 Å². The number of nitro benzene ring substituents is 1. The van der Waals surface area contributed by atoms with Crippen LogP contribution in [-0.4, -0.2) is 36.1 Å². The summed E-state index contributed by atoms with van der Waals surface area (Å²) in [6.07, 6.45) is 2.77. The number of carbonyl (C=O) groups is 2. The zero-order valence-electron chi connectivity index (χ0n) is 16.3. The lowest BCUT2D eigenvalue weighted by atomic mass is 10.2. The summed E-state index contributed by atoms with van der Waals surface area (Å²) in [6, 6.07) is 8.66. The molecule has 0 aliphatic rings. The molecular weight excluding hydrogens is 448 g/mol. The van der Waals surface area contributed by atoms with E-state index in [0.717, 1.165) is 6.07 Å². The molecule has 0 saturated heterocycles. The molecule has 2 aromatic rings. The van der Waals surface area contributed by atoms with Gasteiger partial charge in [0.05, 0.1) is 19.1 Å². The fourth-order valence-electron chi connectivity index (χ4n) is 2.29. The molecule has 3 N–H and O–H groups in total. The van der Waals surface area contributed by atoms with Crippen LogP contribution < -0.4 is 25.6 Å². The van der Waals surface area contributed by atoms with Crippen LogP contribution in [0.15, 0.2) is 42.5 Å². The predicted molar refractivity (Wildman–Crippen MR) is 118 cm³/mol. The Balaban J connectivity index is 1.90. The number of nitrogens with one attached hydrogen (secondary N) is 3. The summed E-state index contributed by atoms with van der Waals surface area (Å²) in [5.41, 5.74) is 4.81. The van der Waals surface area contributed by atoms with Crippen molar-refractivity contribution in [2.75, 3.05) is 14.2 Å². The number of amides is 2. The summed E-state index contributed by atoms with van der Waals surface area (Å²) in [5.74, 6) is -0.204. The smallest absolute Gasteiger partial charge is 0.288 e. The lowest BCUT2D eigenvalue weighted by molar-refractivity contribution is -0.384. The lowest BCUT2D eigenvalue weighted by Gasteiger charge is -2.10. The molecule has 2 rings (SSSR count). The first-order valence-corrected chi connectivity index (χ1v) is 9.29. The zero-order chi connectivity index (χ0) is 23.0. The SMILES string of the molecule is COc1ccc(C=CC(=O)NC(=S)NNC(=O)c2ccc(Cl)c([N+](=O)[O-])c2)cc1OC. The van der Waals surface area contributed by atoms with E-state index in [1.165, 1.54) is 38.5 Å². The van der Waals surface area contributed by atoms with E-state index in [2.05, 4.69) is 16.2 Å². The number of ether oxygens (including phenoxy) is 2. The number of halogens is 1. The van der Waals surface area contributed by atoms with Crippen molar-refractivity contribution in [3.63, 3.8) is 0 Å². The number of benzene rings is 2. The van der Waals surface area contributed by atoms with E-state index < -0.39 is 22.4 Å². The van der Waals surface area contributed by atoms with E-state index in [0.29, 0.717) is 17.1 Å². The molecule has 0 aliphatic heterocycles. The van der Waals surface area contributed by atoms with Gasteiger partial charge in [0.25, 0.3) is 11.6 Å². The molecule has 0 fully saturated rings. The van der Waals surface area contributed by atoms with E-state index in [1.54, 1.807) is 18.2 Å². The van der Waals surface area contributed by atoms with Crippen molar-refractivity contribution >= 4 is 52.5 Å². The maximum Gasteiger partial charge on any atom is 0.288 e. The second-order valence-electron chi connectivity index (χ2n) is 5.77. The third-order valence-electron chi connectivity index (χ3n) is 3.77. The minimum absolute atomic E-state index is 0.0222. The van der Waals surface area contributed by atoms with Gasteiger partial charge in [-0.1, -0.05) is 17.7 Å². The fourth-order valence-corrected chi connectivity index (χ4v) is 2.63. The van der Waals surface area contributed by atoms with Crippen molar-refractivity contribution in [3.8, 4) is 11.5 Å². The standard InChI is InChI=1S/C19H17ClN4O6S/c1-29-15-7-3-11(9-16(15)30-2)4-8-17(25)21-19(31)23-22-18(26)12-5-6-13(20)14(10-12)24(27)28/h3-10H,1-2H3,(H,22,26)(H2,21,23,25,31). The number of hydrazine groups is 1. The van der Waals surface area contributed by atoms with Gasteiger partial charge in [0, 0.05) is 17.7 Å². The summed E-state index contributed by atoms with van der Waals surface area (Å²) in [4.78, 5) is 34.3. The highest BCUT2D eigenvalue weighted by atomic mass is 35.5. The average Bonchev–Trinajstić information content (AvgIpc) is 2.75. The monoisotopic (exact) mass is 464 g/mol. The second kappa shape index (κ2) is 10.9. The minimum Gasteiger partial charge on any atom is -0.493 e. The third-order valence-corrected chi connectivity index (χ3v) is 4.29. The lowest BCUT2D eigenvalue weighted by Crippen LogP contribution is -2.48. The second-order valence-corrected chi connectivity index (χ2v) is 6.58. The van der Waals surface area contributed by atoms with E-state index in [-0.39, 0.29) is 15.7 Å². The van der Waals surface area contributed by atoms with Gasteiger partial charge < -0.3 is 9.47 Å². The molecule has 0 bridgehead atoms. The summed E-state index contributed by atoms with van der Waals surface area (Å²) < 4.78 is 10.3. The Morgan fingerprint density at radius 2 is 1.81 bits per heavy atom. The molecule has 0 aromatic heterocycles. The highest BCUT2D eigenvalue weighted by Gasteiger charge is 2.16. The highest BCUT2D eigenvalue weighted by Crippen LogP contribution is 2.28. The Morgan fingerprint density at radius 3 is 2.45 bits per heavy atom. The van der Waals surface area contributed by atoms with Crippen molar-refractivity contribution in [1.82, 2.24) is 16.2 Å². The highest BCUT2D eigenvalue weighted by molar-refractivity contribution is 7.80. The van der Waals surface area contributed by atoms with E-state index >= 15 is 0 Å². The molecule has 2 aromatic carbocycles. The number of thiocarbonyl (C=S) groups is 1. The minimum atomic E-state index is -0.711. The van der Waals surface area contributed by atoms with Gasteiger partial charge in [0.1, 0.15) is 5.02 Å². The van der Waals surface area contributed by atoms with Gasteiger partial charge in [-0.05, 0) is 48.1 Å². The van der Waals surface area contributed by atoms with Crippen LogP contribution in [0, 0.1) is 10.1 Å². The number of rotatable bonds is 6. The van der Waals surface area contributed by atoms with Crippen molar-refractivity contribution in [3.05, 3.63) is 68.7 Å². The van der Waals surface area contributed by atoms with E-state index in [1.807, 2.05) is 0 Å². The van der Waals surface area contributed by atoms with Crippen molar-refractivity contribution < 1.29 is 24.0 Å². The average molecular weight is 465 g/mol. The van der Waals surface area contributed by atoms with Crippen LogP contribution in [0.1, 0.15) is 15.9 Å². The number of methoxy groups -OCH3 is 2. The largest absolute Gasteiger partial charge is 0.493 e. The van der Waals surface area contributed by atoms with E-state index in [4.69, 9.17) is 33.3 Å². The van der Waals surface area contributed by atoms with Crippen LogP contribution in [0.5, 0.6) is 11.5 Å². The van der Waals surface area contributed by atoms with Gasteiger partial charge in [0.2, 0.25) is 5.91 Å². The number of carbonyl (C=O) groups excluding carboxylic acids is 2. The van der Waals surface area contributed by atoms with Crippen LogP contribution in [-0.2, 0) is 4.79 Å². The Morgan fingerprint density at radius 1 is 1.10 bits per heavy atom. The summed E-state index contributed by atoms with van der Waals surface area (Å²) >= 11 is 10.6. The topological polar surface area (TPSA) is 132 Å². The molecule has 12 heteroatoms. The summed E-state index contributed by atoms with van der Waals surface area (Å²) in [6.45, 7) is 0. The first kappa shape index (κ1) is 23.6. The maximum absolute atomic E-state index is 12.1. The molecule has 10 nitrogen and oxygen atoms in total. The van der Waals surface area contributed by atoms with Gasteiger partial charge in [-0.3, -0.25) is 35.9 Å². The molecule has 0 unspecified atom stereocenters. The van der Waals surface area contributed by atoms with E-state index in [9.17, 15) is 19.7 Å². The molecule has 0 spiro atoms. The van der Waals surface area contributed by atoms with Crippen LogP contribution >= 0.6 is 23.8 Å². The van der Waals surface area contributed by atoms with Gasteiger partial charge in [-0.25, -0.2) is 0 Å².